The summed E-state index contributed by atoms with van der Waals surface area (Å²) in [6.07, 6.45) is 1.53. The molecule has 2 amide bonds. The largest absolute Gasteiger partial charge is 0.493 e. The van der Waals surface area contributed by atoms with Gasteiger partial charge < -0.3 is 24.8 Å². The fourth-order valence-corrected chi connectivity index (χ4v) is 2.63. The molecule has 2 N–H and O–H groups in total. The Bertz CT molecular complexity index is 585. The first-order valence-corrected chi connectivity index (χ1v) is 8.56. The highest BCUT2D eigenvalue weighted by Gasteiger charge is 2.21. The fourth-order valence-electron chi connectivity index (χ4n) is 2.63. The minimum Gasteiger partial charge on any atom is -0.493 e. The van der Waals surface area contributed by atoms with Crippen molar-refractivity contribution in [2.45, 2.75) is 26.3 Å². The summed E-state index contributed by atoms with van der Waals surface area (Å²) < 4.78 is 16.1. The summed E-state index contributed by atoms with van der Waals surface area (Å²) in [5.74, 6) is 0.918. The second-order valence-corrected chi connectivity index (χ2v) is 5.83. The average molecular weight is 350 g/mol. The summed E-state index contributed by atoms with van der Waals surface area (Å²) in [7, 11) is 1.54. The molecule has 1 saturated heterocycles. The number of benzene rings is 1. The van der Waals surface area contributed by atoms with E-state index in [1.54, 1.807) is 19.2 Å². The molecule has 7 nitrogen and oxygen atoms in total. The van der Waals surface area contributed by atoms with Crippen LogP contribution < -0.4 is 20.1 Å². The van der Waals surface area contributed by atoms with Crippen molar-refractivity contribution in [2.24, 2.45) is 5.92 Å². The van der Waals surface area contributed by atoms with Crippen LogP contribution >= 0.6 is 0 Å². The lowest BCUT2D eigenvalue weighted by Crippen LogP contribution is -2.33. The van der Waals surface area contributed by atoms with Gasteiger partial charge in [0.05, 0.1) is 7.11 Å². The number of rotatable bonds is 8. The monoisotopic (exact) mass is 350 g/mol. The van der Waals surface area contributed by atoms with Crippen LogP contribution in [0.1, 0.15) is 25.3 Å². The van der Waals surface area contributed by atoms with Crippen LogP contribution in [-0.4, -0.2) is 45.3 Å². The number of hydrogen-bond donors (Lipinski definition) is 2. The highest BCUT2D eigenvalue weighted by molar-refractivity contribution is 5.78. The maximum atomic E-state index is 12.2. The van der Waals surface area contributed by atoms with Gasteiger partial charge in [-0.15, -0.1) is 0 Å². The number of likely N-dealkylation sites (N-methyl/N-ethyl adjacent to an activating group) is 1. The minimum atomic E-state index is -0.183. The second kappa shape index (κ2) is 9.88. The SMILES string of the molecule is CCNC(=O)COc1ccc(CNC(=O)C2CCOCC2)cc1OC. The molecule has 1 heterocycles. The molecule has 1 aromatic carbocycles. The van der Waals surface area contributed by atoms with Gasteiger partial charge in [0.2, 0.25) is 5.91 Å². The Kier molecular flexibility index (Phi) is 7.53. The Balaban J connectivity index is 1.89. The Morgan fingerprint density at radius 1 is 1.20 bits per heavy atom. The van der Waals surface area contributed by atoms with Gasteiger partial charge in [-0.3, -0.25) is 9.59 Å². The van der Waals surface area contributed by atoms with E-state index in [9.17, 15) is 9.59 Å². The van der Waals surface area contributed by atoms with Crippen LogP contribution in [0.4, 0.5) is 0 Å². The number of ether oxygens (including phenoxy) is 3. The predicted octanol–water partition coefficient (Wildman–Crippen LogP) is 1.25. The molecule has 138 valence electrons. The van der Waals surface area contributed by atoms with Crippen LogP contribution in [0.5, 0.6) is 11.5 Å². The molecule has 25 heavy (non-hydrogen) atoms. The van der Waals surface area contributed by atoms with Gasteiger partial charge in [0.25, 0.3) is 5.91 Å². The number of carbonyl (C=O) groups excluding carboxylic acids is 2. The first-order valence-electron chi connectivity index (χ1n) is 8.56. The van der Waals surface area contributed by atoms with E-state index in [4.69, 9.17) is 14.2 Å². The molecule has 0 atom stereocenters. The first kappa shape index (κ1) is 19.1. The van der Waals surface area contributed by atoms with Gasteiger partial charge in [-0.25, -0.2) is 0 Å². The normalized spacial score (nSPS) is 14.6. The lowest BCUT2D eigenvalue weighted by atomic mass is 9.99. The van der Waals surface area contributed by atoms with E-state index < -0.39 is 0 Å². The van der Waals surface area contributed by atoms with E-state index in [1.807, 2.05) is 13.0 Å². The van der Waals surface area contributed by atoms with Crippen molar-refractivity contribution in [1.29, 1.82) is 0 Å². The Morgan fingerprint density at radius 2 is 1.96 bits per heavy atom. The third-order valence-electron chi connectivity index (χ3n) is 4.02. The van der Waals surface area contributed by atoms with Crippen molar-refractivity contribution in [3.63, 3.8) is 0 Å². The first-order chi connectivity index (χ1) is 12.1. The summed E-state index contributed by atoms with van der Waals surface area (Å²) in [4.78, 5) is 23.6. The summed E-state index contributed by atoms with van der Waals surface area (Å²) in [6.45, 7) is 4.05. The summed E-state index contributed by atoms with van der Waals surface area (Å²) in [5, 5.41) is 5.62. The Morgan fingerprint density at radius 3 is 2.64 bits per heavy atom. The van der Waals surface area contributed by atoms with Crippen molar-refractivity contribution in [1.82, 2.24) is 10.6 Å². The van der Waals surface area contributed by atoms with Gasteiger partial charge in [-0.05, 0) is 37.5 Å². The van der Waals surface area contributed by atoms with Crippen LogP contribution in [0.2, 0.25) is 0 Å². The number of hydrogen-bond acceptors (Lipinski definition) is 5. The van der Waals surface area contributed by atoms with E-state index in [0.717, 1.165) is 18.4 Å². The number of carbonyl (C=O) groups is 2. The fraction of sp³-hybridized carbons (Fsp3) is 0.556. The molecule has 0 aromatic heterocycles. The van der Waals surface area contributed by atoms with Gasteiger partial charge in [-0.1, -0.05) is 6.07 Å². The van der Waals surface area contributed by atoms with Crippen molar-refractivity contribution in [3.05, 3.63) is 23.8 Å². The molecule has 2 rings (SSSR count). The molecular weight excluding hydrogens is 324 g/mol. The summed E-state index contributed by atoms with van der Waals surface area (Å²) in [5.41, 5.74) is 0.905. The molecule has 0 bridgehead atoms. The topological polar surface area (TPSA) is 85.9 Å². The van der Waals surface area contributed by atoms with Crippen molar-refractivity contribution in [3.8, 4) is 11.5 Å². The van der Waals surface area contributed by atoms with Crippen LogP contribution in [-0.2, 0) is 20.9 Å². The lowest BCUT2D eigenvalue weighted by molar-refractivity contribution is -0.128. The van der Waals surface area contributed by atoms with E-state index in [2.05, 4.69) is 10.6 Å². The number of amides is 2. The quantitative estimate of drug-likeness (QED) is 0.737. The zero-order chi connectivity index (χ0) is 18.1. The van der Waals surface area contributed by atoms with Crippen LogP contribution in [0.15, 0.2) is 18.2 Å². The highest BCUT2D eigenvalue weighted by Crippen LogP contribution is 2.28. The molecule has 1 fully saturated rings. The van der Waals surface area contributed by atoms with Crippen molar-refractivity contribution < 1.29 is 23.8 Å². The minimum absolute atomic E-state index is 0.0235. The maximum absolute atomic E-state index is 12.2. The van der Waals surface area contributed by atoms with Crippen LogP contribution in [0.25, 0.3) is 0 Å². The molecule has 1 aliphatic rings. The third-order valence-corrected chi connectivity index (χ3v) is 4.02. The molecular formula is C18H26N2O5. The molecule has 0 aliphatic carbocycles. The van der Waals surface area contributed by atoms with Gasteiger partial charge >= 0.3 is 0 Å². The molecule has 0 unspecified atom stereocenters. The molecule has 0 radical (unpaired) electrons. The number of nitrogens with one attached hydrogen (secondary N) is 2. The lowest BCUT2D eigenvalue weighted by Gasteiger charge is -2.21. The standard InChI is InChI=1S/C18H26N2O5/c1-3-19-17(21)12-25-15-5-4-13(10-16(15)23-2)11-20-18(22)14-6-8-24-9-7-14/h4-5,10,14H,3,6-9,11-12H2,1-2H3,(H,19,21)(H,20,22). The summed E-state index contributed by atoms with van der Waals surface area (Å²) in [6, 6.07) is 5.39. The van der Waals surface area contributed by atoms with Gasteiger partial charge in [0.1, 0.15) is 0 Å². The van der Waals surface area contributed by atoms with Crippen LogP contribution in [0, 0.1) is 5.92 Å². The highest BCUT2D eigenvalue weighted by atomic mass is 16.5. The van der Waals surface area contributed by atoms with Crippen molar-refractivity contribution in [2.75, 3.05) is 33.5 Å². The van der Waals surface area contributed by atoms with Crippen molar-refractivity contribution >= 4 is 11.8 Å². The zero-order valence-electron chi connectivity index (χ0n) is 14.8. The van der Waals surface area contributed by atoms with E-state index >= 15 is 0 Å². The smallest absolute Gasteiger partial charge is 0.257 e. The summed E-state index contributed by atoms with van der Waals surface area (Å²) >= 11 is 0. The maximum Gasteiger partial charge on any atom is 0.257 e. The van der Waals surface area contributed by atoms with Gasteiger partial charge in [-0.2, -0.15) is 0 Å². The Hall–Kier alpha value is -2.28. The average Bonchev–Trinajstić information content (AvgIpc) is 2.65. The van der Waals surface area contributed by atoms with Gasteiger partial charge in [0.15, 0.2) is 18.1 Å². The van der Waals surface area contributed by atoms with E-state index in [0.29, 0.717) is 37.8 Å². The van der Waals surface area contributed by atoms with Crippen LogP contribution in [0.3, 0.4) is 0 Å². The predicted molar refractivity (Wildman–Crippen MR) is 92.6 cm³/mol. The molecule has 7 heteroatoms. The molecule has 1 aliphatic heterocycles. The van der Waals surface area contributed by atoms with E-state index in [-0.39, 0.29) is 24.3 Å². The molecule has 0 spiro atoms. The Labute approximate surface area is 148 Å². The zero-order valence-corrected chi connectivity index (χ0v) is 14.8. The van der Waals surface area contributed by atoms with E-state index in [1.165, 1.54) is 0 Å². The third kappa shape index (κ3) is 5.94. The molecule has 0 saturated carbocycles. The number of methoxy groups -OCH3 is 1. The molecule has 1 aromatic rings. The second-order valence-electron chi connectivity index (χ2n) is 5.83. The van der Waals surface area contributed by atoms with Gasteiger partial charge in [0, 0.05) is 32.2 Å².